The second-order valence-corrected chi connectivity index (χ2v) is 11.0. The molecular weight excluding hydrogens is 454 g/mol. The van der Waals surface area contributed by atoms with E-state index in [9.17, 15) is 14.4 Å². The maximum Gasteiger partial charge on any atom is 0.251 e. The van der Waals surface area contributed by atoms with Gasteiger partial charge in [0.1, 0.15) is 5.00 Å². The van der Waals surface area contributed by atoms with Crippen LogP contribution in [0.5, 0.6) is 11.5 Å². The summed E-state index contributed by atoms with van der Waals surface area (Å²) in [4.78, 5) is 38.1. The number of rotatable bonds is 7. The van der Waals surface area contributed by atoms with Crippen molar-refractivity contribution >= 4 is 34.1 Å². The highest BCUT2D eigenvalue weighted by Gasteiger charge is 2.33. The average molecular weight is 486 g/mol. The standard InChI is InChI=1S/C25H31N3O5S/c1-25(2,3)15-5-6-16-19(11-15)34-24(22(16)23(26)31)28-21(30)9-8-20(29)27-12-14-4-7-17-18(10-14)33-13-32-17/h4,7,10,15H,5-6,8-9,11-13H2,1-3H3,(H2,26,31)(H,27,29)(H,28,30). The molecule has 2 aromatic rings. The maximum atomic E-state index is 12.6. The Balaban J connectivity index is 1.31. The molecule has 2 heterocycles. The van der Waals surface area contributed by atoms with Crippen LogP contribution in [0.1, 0.15) is 66.4 Å². The number of nitrogens with two attached hydrogens (primary N) is 1. The number of anilines is 1. The third kappa shape index (κ3) is 5.35. The molecule has 182 valence electrons. The third-order valence-corrected chi connectivity index (χ3v) is 7.66. The molecule has 4 N–H and O–H groups in total. The Morgan fingerprint density at radius 2 is 1.85 bits per heavy atom. The van der Waals surface area contributed by atoms with E-state index in [4.69, 9.17) is 15.2 Å². The molecule has 34 heavy (non-hydrogen) atoms. The number of ether oxygens (including phenoxy) is 2. The van der Waals surface area contributed by atoms with Gasteiger partial charge in [-0.2, -0.15) is 0 Å². The van der Waals surface area contributed by atoms with E-state index in [2.05, 4.69) is 31.4 Å². The molecule has 0 radical (unpaired) electrons. The van der Waals surface area contributed by atoms with E-state index in [1.54, 1.807) is 6.07 Å². The van der Waals surface area contributed by atoms with Gasteiger partial charge < -0.3 is 25.8 Å². The molecule has 0 spiro atoms. The summed E-state index contributed by atoms with van der Waals surface area (Å²) in [6.45, 7) is 7.21. The van der Waals surface area contributed by atoms with Gasteiger partial charge in [0.2, 0.25) is 18.6 Å². The molecule has 4 rings (SSSR count). The molecule has 0 fully saturated rings. The smallest absolute Gasteiger partial charge is 0.251 e. The highest BCUT2D eigenvalue weighted by atomic mass is 32.1. The molecule has 1 atom stereocenters. The van der Waals surface area contributed by atoms with Gasteiger partial charge in [0.15, 0.2) is 11.5 Å². The van der Waals surface area contributed by atoms with Crippen molar-refractivity contribution in [3.05, 3.63) is 39.8 Å². The van der Waals surface area contributed by atoms with Gasteiger partial charge in [-0.25, -0.2) is 0 Å². The molecule has 1 aliphatic heterocycles. The molecule has 1 aliphatic carbocycles. The van der Waals surface area contributed by atoms with E-state index in [1.807, 2.05) is 12.1 Å². The molecule has 9 heteroatoms. The number of nitrogens with one attached hydrogen (secondary N) is 2. The lowest BCUT2D eigenvalue weighted by molar-refractivity contribution is -0.124. The van der Waals surface area contributed by atoms with Gasteiger partial charge in [0.25, 0.3) is 5.91 Å². The van der Waals surface area contributed by atoms with Gasteiger partial charge in [-0.05, 0) is 53.9 Å². The zero-order chi connectivity index (χ0) is 24.5. The van der Waals surface area contributed by atoms with Crippen LogP contribution < -0.4 is 25.8 Å². The lowest BCUT2D eigenvalue weighted by Crippen LogP contribution is -2.27. The normalized spacial score (nSPS) is 16.6. The van der Waals surface area contributed by atoms with Gasteiger partial charge in [-0.1, -0.05) is 26.8 Å². The number of carbonyl (C=O) groups is 3. The van der Waals surface area contributed by atoms with Crippen molar-refractivity contribution in [1.82, 2.24) is 5.32 Å². The minimum Gasteiger partial charge on any atom is -0.454 e. The van der Waals surface area contributed by atoms with Crippen molar-refractivity contribution in [2.75, 3.05) is 12.1 Å². The number of fused-ring (bicyclic) bond motifs is 2. The van der Waals surface area contributed by atoms with Crippen LogP contribution in [-0.2, 0) is 29.0 Å². The molecule has 0 saturated heterocycles. The second-order valence-electron chi connectivity index (χ2n) is 9.89. The summed E-state index contributed by atoms with van der Waals surface area (Å²) in [5.41, 5.74) is 8.11. The van der Waals surface area contributed by atoms with Gasteiger partial charge in [0, 0.05) is 24.3 Å². The van der Waals surface area contributed by atoms with Gasteiger partial charge in [0.05, 0.1) is 5.56 Å². The van der Waals surface area contributed by atoms with Crippen molar-refractivity contribution in [3.8, 4) is 11.5 Å². The van der Waals surface area contributed by atoms with E-state index < -0.39 is 5.91 Å². The molecule has 1 aromatic heterocycles. The fourth-order valence-corrected chi connectivity index (χ4v) is 5.78. The maximum absolute atomic E-state index is 12.6. The number of hydrogen-bond donors (Lipinski definition) is 3. The predicted molar refractivity (Wildman–Crippen MR) is 130 cm³/mol. The van der Waals surface area contributed by atoms with Crippen LogP contribution in [0.4, 0.5) is 5.00 Å². The number of thiophene rings is 1. The lowest BCUT2D eigenvalue weighted by atomic mass is 9.72. The minimum atomic E-state index is -0.525. The van der Waals surface area contributed by atoms with Crippen LogP contribution in [-0.4, -0.2) is 24.5 Å². The van der Waals surface area contributed by atoms with Crippen molar-refractivity contribution in [3.63, 3.8) is 0 Å². The average Bonchev–Trinajstić information content (AvgIpc) is 3.38. The first kappa shape index (κ1) is 24.1. The first-order chi connectivity index (χ1) is 16.1. The Morgan fingerprint density at radius 1 is 1.12 bits per heavy atom. The predicted octanol–water partition coefficient (Wildman–Crippen LogP) is 3.76. The third-order valence-electron chi connectivity index (χ3n) is 6.50. The van der Waals surface area contributed by atoms with Crippen LogP contribution in [0.15, 0.2) is 18.2 Å². The summed E-state index contributed by atoms with van der Waals surface area (Å²) in [5.74, 6) is 0.781. The van der Waals surface area contributed by atoms with Crippen LogP contribution in [0.25, 0.3) is 0 Å². The number of primary amides is 1. The number of benzene rings is 1. The SMILES string of the molecule is CC(C)(C)C1CCc2c(sc(NC(=O)CCC(=O)NCc3ccc4c(c3)OCO4)c2C(N)=O)C1. The molecular formula is C25H31N3O5S. The molecule has 0 saturated carbocycles. The summed E-state index contributed by atoms with van der Waals surface area (Å²) < 4.78 is 10.6. The molecule has 3 amide bonds. The van der Waals surface area contributed by atoms with Crippen LogP contribution in [0.3, 0.4) is 0 Å². The zero-order valence-corrected chi connectivity index (χ0v) is 20.6. The number of amides is 3. The Labute approximate surface area is 203 Å². The Morgan fingerprint density at radius 3 is 2.59 bits per heavy atom. The van der Waals surface area contributed by atoms with E-state index in [1.165, 1.54) is 11.3 Å². The fraction of sp³-hybridized carbons (Fsp3) is 0.480. The van der Waals surface area contributed by atoms with E-state index in [0.717, 1.165) is 35.3 Å². The van der Waals surface area contributed by atoms with Crippen LogP contribution >= 0.6 is 11.3 Å². The zero-order valence-electron chi connectivity index (χ0n) is 19.8. The summed E-state index contributed by atoms with van der Waals surface area (Å²) in [6.07, 6.45) is 2.70. The topological polar surface area (TPSA) is 120 Å². The van der Waals surface area contributed by atoms with Gasteiger partial charge >= 0.3 is 0 Å². The van der Waals surface area contributed by atoms with Crippen LogP contribution in [0.2, 0.25) is 0 Å². The second kappa shape index (κ2) is 9.66. The van der Waals surface area contributed by atoms with E-state index >= 15 is 0 Å². The molecule has 1 aromatic carbocycles. The van der Waals surface area contributed by atoms with Crippen molar-refractivity contribution < 1.29 is 23.9 Å². The van der Waals surface area contributed by atoms with Crippen molar-refractivity contribution in [2.24, 2.45) is 17.1 Å². The quantitative estimate of drug-likeness (QED) is 0.552. The number of hydrogen-bond acceptors (Lipinski definition) is 6. The Kier molecular flexibility index (Phi) is 6.84. The summed E-state index contributed by atoms with van der Waals surface area (Å²) in [6, 6.07) is 5.48. The molecule has 2 aliphatic rings. The van der Waals surface area contributed by atoms with Crippen LogP contribution in [0, 0.1) is 11.3 Å². The van der Waals surface area contributed by atoms with Crippen molar-refractivity contribution in [2.45, 2.75) is 59.4 Å². The first-order valence-corrected chi connectivity index (χ1v) is 12.3. The number of carbonyl (C=O) groups excluding carboxylic acids is 3. The summed E-state index contributed by atoms with van der Waals surface area (Å²) in [7, 11) is 0. The first-order valence-electron chi connectivity index (χ1n) is 11.5. The van der Waals surface area contributed by atoms with E-state index in [-0.39, 0.29) is 36.9 Å². The summed E-state index contributed by atoms with van der Waals surface area (Å²) in [5, 5.41) is 6.14. The molecule has 8 nitrogen and oxygen atoms in total. The largest absolute Gasteiger partial charge is 0.454 e. The Bertz CT molecular complexity index is 1120. The van der Waals surface area contributed by atoms with Gasteiger partial charge in [-0.15, -0.1) is 11.3 Å². The van der Waals surface area contributed by atoms with Crippen molar-refractivity contribution in [1.29, 1.82) is 0 Å². The highest BCUT2D eigenvalue weighted by molar-refractivity contribution is 7.17. The molecule has 1 unspecified atom stereocenters. The highest BCUT2D eigenvalue weighted by Crippen LogP contribution is 2.44. The molecule has 0 bridgehead atoms. The lowest BCUT2D eigenvalue weighted by Gasteiger charge is -2.33. The van der Waals surface area contributed by atoms with Gasteiger partial charge in [-0.3, -0.25) is 14.4 Å². The van der Waals surface area contributed by atoms with E-state index in [0.29, 0.717) is 34.5 Å². The fourth-order valence-electron chi connectivity index (χ4n) is 4.43. The monoisotopic (exact) mass is 485 g/mol. The Hall–Kier alpha value is -3.07. The minimum absolute atomic E-state index is 0.0123. The summed E-state index contributed by atoms with van der Waals surface area (Å²) >= 11 is 1.43.